The second-order valence-electron chi connectivity index (χ2n) is 6.09. The van der Waals surface area contributed by atoms with Gasteiger partial charge in [-0.25, -0.2) is 18.2 Å². The molecule has 12 heteroatoms. The van der Waals surface area contributed by atoms with Crippen molar-refractivity contribution < 1.29 is 27.5 Å². The Morgan fingerprint density at radius 1 is 1.34 bits per heavy atom. The number of nitrogens with one attached hydrogen (secondary N) is 1. The maximum atomic E-state index is 12.8. The minimum Gasteiger partial charge on any atom is -0.452 e. The Balaban J connectivity index is 1.68. The van der Waals surface area contributed by atoms with Gasteiger partial charge in [0.15, 0.2) is 11.7 Å². The van der Waals surface area contributed by atoms with E-state index >= 15 is 0 Å². The van der Waals surface area contributed by atoms with Crippen molar-refractivity contribution in [2.75, 3.05) is 38.2 Å². The minimum absolute atomic E-state index is 0.00552. The molecular formula is C17H18BrN3O6S2. The molecule has 9 nitrogen and oxygen atoms in total. The Kier molecular flexibility index (Phi) is 7.01. The summed E-state index contributed by atoms with van der Waals surface area (Å²) in [5.74, 6) is -1.33. The number of aryl methyl sites for hydroxylation is 1. The molecule has 1 saturated heterocycles. The van der Waals surface area contributed by atoms with E-state index in [-0.39, 0.29) is 23.5 Å². The standard InChI is InChI=1S/C17H18BrN3O6S2/c1-11-2-3-12(29(24,25)21-4-6-26-7-5-21)8-13(11)16(23)27-10-15(22)20-17-19-9-14(18)28-17/h2-3,8-9H,4-7,10H2,1H3,(H,19,20,22). The van der Waals surface area contributed by atoms with Gasteiger partial charge in [0.05, 0.1) is 33.7 Å². The van der Waals surface area contributed by atoms with Gasteiger partial charge >= 0.3 is 5.97 Å². The van der Waals surface area contributed by atoms with E-state index in [0.29, 0.717) is 23.9 Å². The van der Waals surface area contributed by atoms with Crippen molar-refractivity contribution in [3.05, 3.63) is 39.3 Å². The molecule has 2 aromatic rings. The maximum Gasteiger partial charge on any atom is 0.338 e. The quantitative estimate of drug-likeness (QED) is 0.599. The molecule has 1 aliphatic heterocycles. The van der Waals surface area contributed by atoms with Crippen LogP contribution in [-0.4, -0.2) is 62.5 Å². The third kappa shape index (κ3) is 5.39. The Labute approximate surface area is 180 Å². The highest BCUT2D eigenvalue weighted by Crippen LogP contribution is 2.23. The number of ether oxygens (including phenoxy) is 2. The van der Waals surface area contributed by atoms with Gasteiger partial charge in [0.1, 0.15) is 0 Å². The number of thiazole rings is 1. The number of anilines is 1. The topological polar surface area (TPSA) is 115 Å². The van der Waals surface area contributed by atoms with E-state index in [1.807, 2.05) is 0 Å². The SMILES string of the molecule is Cc1ccc(S(=O)(=O)N2CCOCC2)cc1C(=O)OCC(=O)Nc1ncc(Br)s1. The highest BCUT2D eigenvalue weighted by molar-refractivity contribution is 9.11. The van der Waals surface area contributed by atoms with Crippen LogP contribution in [0.4, 0.5) is 5.13 Å². The smallest absolute Gasteiger partial charge is 0.338 e. The zero-order valence-corrected chi connectivity index (χ0v) is 18.6. The number of halogens is 1. The molecule has 0 saturated carbocycles. The summed E-state index contributed by atoms with van der Waals surface area (Å²) in [6.45, 7) is 2.30. The molecule has 0 spiro atoms. The van der Waals surface area contributed by atoms with Gasteiger partial charge in [0.25, 0.3) is 5.91 Å². The fourth-order valence-corrected chi connectivity index (χ4v) is 5.15. The average molecular weight is 504 g/mol. The lowest BCUT2D eigenvalue weighted by atomic mass is 10.1. The van der Waals surface area contributed by atoms with Crippen molar-refractivity contribution in [2.24, 2.45) is 0 Å². The highest BCUT2D eigenvalue weighted by atomic mass is 79.9. The summed E-state index contributed by atoms with van der Waals surface area (Å²) >= 11 is 4.45. The van der Waals surface area contributed by atoms with Crippen LogP contribution in [0.2, 0.25) is 0 Å². The van der Waals surface area contributed by atoms with Gasteiger partial charge in [-0.05, 0) is 40.5 Å². The summed E-state index contributed by atoms with van der Waals surface area (Å²) in [4.78, 5) is 28.3. The molecule has 2 heterocycles. The fourth-order valence-electron chi connectivity index (χ4n) is 2.59. The molecule has 1 N–H and O–H groups in total. The number of hydrogen-bond acceptors (Lipinski definition) is 8. The predicted octanol–water partition coefficient (Wildman–Crippen LogP) is 2.03. The Hall–Kier alpha value is -1.86. The van der Waals surface area contributed by atoms with E-state index in [4.69, 9.17) is 9.47 Å². The lowest BCUT2D eigenvalue weighted by Crippen LogP contribution is -2.40. The number of sulfonamides is 1. The van der Waals surface area contributed by atoms with Crippen molar-refractivity contribution in [1.82, 2.24) is 9.29 Å². The van der Waals surface area contributed by atoms with E-state index in [1.54, 1.807) is 6.92 Å². The predicted molar refractivity (Wildman–Crippen MR) is 109 cm³/mol. The minimum atomic E-state index is -3.75. The number of esters is 1. The second kappa shape index (κ2) is 9.30. The number of aromatic nitrogens is 1. The van der Waals surface area contributed by atoms with E-state index in [0.717, 1.165) is 3.79 Å². The normalized spacial score (nSPS) is 15.1. The van der Waals surface area contributed by atoms with Crippen LogP contribution < -0.4 is 5.32 Å². The number of hydrogen-bond donors (Lipinski definition) is 1. The largest absolute Gasteiger partial charge is 0.452 e. The van der Waals surface area contributed by atoms with Gasteiger partial charge in [-0.15, -0.1) is 0 Å². The van der Waals surface area contributed by atoms with Crippen LogP contribution in [0, 0.1) is 6.92 Å². The average Bonchev–Trinajstić information content (AvgIpc) is 3.11. The first-order valence-electron chi connectivity index (χ1n) is 8.54. The molecule has 0 aliphatic carbocycles. The first-order chi connectivity index (χ1) is 13.8. The number of rotatable bonds is 6. The number of carbonyl (C=O) groups excluding carboxylic acids is 2. The first kappa shape index (κ1) is 21.8. The number of amides is 1. The molecule has 0 unspecified atom stereocenters. The third-order valence-electron chi connectivity index (χ3n) is 4.09. The molecule has 1 fully saturated rings. The Bertz CT molecular complexity index is 1020. The second-order valence-corrected chi connectivity index (χ2v) is 10.4. The summed E-state index contributed by atoms with van der Waals surface area (Å²) in [5.41, 5.74) is 0.629. The van der Waals surface area contributed by atoms with Crippen LogP contribution in [-0.2, 0) is 24.3 Å². The number of benzene rings is 1. The van der Waals surface area contributed by atoms with Gasteiger partial charge in [-0.2, -0.15) is 4.31 Å². The van der Waals surface area contributed by atoms with Gasteiger partial charge in [-0.3, -0.25) is 10.1 Å². The fraction of sp³-hybridized carbons (Fsp3) is 0.353. The summed E-state index contributed by atoms with van der Waals surface area (Å²) in [7, 11) is -3.75. The van der Waals surface area contributed by atoms with Crippen LogP contribution >= 0.6 is 27.3 Å². The molecular weight excluding hydrogens is 486 g/mol. The van der Waals surface area contributed by atoms with E-state index in [1.165, 1.54) is 40.0 Å². The Morgan fingerprint density at radius 3 is 2.72 bits per heavy atom. The van der Waals surface area contributed by atoms with Crippen molar-refractivity contribution in [3.8, 4) is 0 Å². The molecule has 0 bridgehead atoms. The van der Waals surface area contributed by atoms with E-state index in [2.05, 4.69) is 26.2 Å². The van der Waals surface area contributed by atoms with Gasteiger partial charge in [0.2, 0.25) is 10.0 Å². The highest BCUT2D eigenvalue weighted by Gasteiger charge is 2.27. The van der Waals surface area contributed by atoms with E-state index in [9.17, 15) is 18.0 Å². The van der Waals surface area contributed by atoms with E-state index < -0.39 is 28.5 Å². The van der Waals surface area contributed by atoms with Gasteiger partial charge in [-0.1, -0.05) is 17.4 Å². The molecule has 1 aromatic heterocycles. The van der Waals surface area contributed by atoms with Crippen molar-refractivity contribution in [2.45, 2.75) is 11.8 Å². The maximum absolute atomic E-state index is 12.8. The summed E-state index contributed by atoms with van der Waals surface area (Å²) in [6, 6.07) is 4.26. The molecule has 0 atom stereocenters. The van der Waals surface area contributed by atoms with Crippen LogP contribution in [0.3, 0.4) is 0 Å². The van der Waals surface area contributed by atoms with Gasteiger partial charge in [0, 0.05) is 13.1 Å². The number of carbonyl (C=O) groups is 2. The van der Waals surface area contributed by atoms with Crippen LogP contribution in [0.15, 0.2) is 33.1 Å². The van der Waals surface area contributed by atoms with Crippen LogP contribution in [0.25, 0.3) is 0 Å². The number of morpholine rings is 1. The monoisotopic (exact) mass is 503 g/mol. The molecule has 1 amide bonds. The molecule has 1 aromatic carbocycles. The molecule has 156 valence electrons. The van der Waals surface area contributed by atoms with Crippen molar-refractivity contribution in [3.63, 3.8) is 0 Å². The van der Waals surface area contributed by atoms with Crippen molar-refractivity contribution >= 4 is 54.3 Å². The summed E-state index contributed by atoms with van der Waals surface area (Å²) in [6.07, 6.45) is 1.54. The van der Waals surface area contributed by atoms with Crippen molar-refractivity contribution in [1.29, 1.82) is 0 Å². The number of nitrogens with zero attached hydrogens (tertiary/aromatic N) is 2. The lowest BCUT2D eigenvalue weighted by molar-refractivity contribution is -0.119. The molecule has 29 heavy (non-hydrogen) atoms. The molecule has 0 radical (unpaired) electrons. The summed E-state index contributed by atoms with van der Waals surface area (Å²) in [5, 5.41) is 2.88. The lowest BCUT2D eigenvalue weighted by Gasteiger charge is -2.26. The zero-order chi connectivity index (χ0) is 21.0. The van der Waals surface area contributed by atoms with Crippen LogP contribution in [0.5, 0.6) is 0 Å². The summed E-state index contributed by atoms with van der Waals surface area (Å²) < 4.78 is 37.9. The first-order valence-corrected chi connectivity index (χ1v) is 11.6. The van der Waals surface area contributed by atoms with Crippen LogP contribution in [0.1, 0.15) is 15.9 Å². The van der Waals surface area contributed by atoms with Gasteiger partial charge < -0.3 is 9.47 Å². The molecule has 3 rings (SSSR count). The molecule has 1 aliphatic rings. The third-order valence-corrected chi connectivity index (χ3v) is 7.38. The zero-order valence-electron chi connectivity index (χ0n) is 15.4. The Morgan fingerprint density at radius 2 is 2.07 bits per heavy atom.